The maximum Gasteiger partial charge on any atom is 0.309 e. The van der Waals surface area contributed by atoms with Crippen LogP contribution in [0.5, 0.6) is 0 Å². The number of ether oxygens (including phenoxy) is 1. The summed E-state index contributed by atoms with van der Waals surface area (Å²) in [5, 5.41) is 0. The maximum atomic E-state index is 11.5. The molecule has 1 rings (SSSR count). The van der Waals surface area contributed by atoms with Crippen molar-refractivity contribution in [3.63, 3.8) is 0 Å². The Morgan fingerprint density at radius 2 is 2.06 bits per heavy atom. The van der Waals surface area contributed by atoms with Crippen molar-refractivity contribution in [2.45, 2.75) is 66.4 Å². The summed E-state index contributed by atoms with van der Waals surface area (Å²) >= 11 is 0. The number of hydrogen-bond donors (Lipinski definition) is 0. The molecule has 0 aromatic rings. The van der Waals surface area contributed by atoms with Crippen molar-refractivity contribution in [3.8, 4) is 0 Å². The number of hydrogen-bond acceptors (Lipinski definition) is 2. The molecule has 2 heteroatoms. The molecule has 1 heterocycles. The topological polar surface area (TPSA) is 26.3 Å². The highest BCUT2D eigenvalue weighted by molar-refractivity contribution is 5.74. The van der Waals surface area contributed by atoms with Gasteiger partial charge in [0.15, 0.2) is 0 Å². The first-order chi connectivity index (χ1) is 7.28. The highest BCUT2D eigenvalue weighted by Gasteiger charge is 2.31. The molecule has 1 aliphatic rings. The minimum absolute atomic E-state index is 0.0236. The highest BCUT2D eigenvalue weighted by Crippen LogP contribution is 2.31. The monoisotopic (exact) mass is 226 g/mol. The van der Waals surface area contributed by atoms with Gasteiger partial charge in [-0.05, 0) is 43.9 Å². The Morgan fingerprint density at radius 3 is 2.50 bits per heavy atom. The lowest BCUT2D eigenvalue weighted by atomic mass is 9.82. The van der Waals surface area contributed by atoms with Gasteiger partial charge in [0.25, 0.3) is 0 Å². The van der Waals surface area contributed by atoms with E-state index in [9.17, 15) is 4.79 Å². The van der Waals surface area contributed by atoms with Crippen molar-refractivity contribution in [3.05, 3.63) is 0 Å². The first-order valence-corrected chi connectivity index (χ1v) is 6.48. The van der Waals surface area contributed by atoms with Crippen molar-refractivity contribution >= 4 is 5.97 Å². The Labute approximate surface area is 99.8 Å². The minimum atomic E-state index is 0.0236. The molecule has 16 heavy (non-hydrogen) atoms. The summed E-state index contributed by atoms with van der Waals surface area (Å²) in [6.45, 7) is 11.1. The van der Waals surface area contributed by atoms with Gasteiger partial charge < -0.3 is 4.74 Å². The molecule has 0 amide bonds. The predicted molar refractivity (Wildman–Crippen MR) is 66.1 cm³/mol. The van der Waals surface area contributed by atoms with Gasteiger partial charge in [0.05, 0.1) is 12.0 Å². The first-order valence-electron chi connectivity index (χ1n) is 6.48. The van der Waals surface area contributed by atoms with Gasteiger partial charge in [-0.25, -0.2) is 0 Å². The zero-order chi connectivity index (χ0) is 12.3. The largest absolute Gasteiger partial charge is 0.462 e. The van der Waals surface area contributed by atoms with E-state index in [4.69, 9.17) is 4.74 Å². The van der Waals surface area contributed by atoms with Crippen molar-refractivity contribution in [2.24, 2.45) is 17.3 Å². The Balaban J connectivity index is 2.27. The van der Waals surface area contributed by atoms with Crippen LogP contribution >= 0.6 is 0 Å². The molecule has 94 valence electrons. The summed E-state index contributed by atoms with van der Waals surface area (Å²) in [4.78, 5) is 11.5. The van der Waals surface area contributed by atoms with E-state index in [0.717, 1.165) is 19.3 Å². The van der Waals surface area contributed by atoms with Crippen LogP contribution in [-0.4, -0.2) is 12.1 Å². The quantitative estimate of drug-likeness (QED) is 0.682. The van der Waals surface area contributed by atoms with E-state index >= 15 is 0 Å². The highest BCUT2D eigenvalue weighted by atomic mass is 16.5. The minimum Gasteiger partial charge on any atom is -0.462 e. The molecule has 0 N–H and O–H groups in total. The second kappa shape index (κ2) is 5.20. The van der Waals surface area contributed by atoms with E-state index < -0.39 is 0 Å². The van der Waals surface area contributed by atoms with E-state index in [1.165, 1.54) is 6.42 Å². The average molecular weight is 226 g/mol. The molecule has 0 aromatic heterocycles. The van der Waals surface area contributed by atoms with Crippen molar-refractivity contribution in [2.75, 3.05) is 0 Å². The number of cyclic esters (lactones) is 1. The van der Waals surface area contributed by atoms with Crippen molar-refractivity contribution in [1.29, 1.82) is 0 Å². The smallest absolute Gasteiger partial charge is 0.309 e. The van der Waals surface area contributed by atoms with Gasteiger partial charge in [0, 0.05) is 0 Å². The normalized spacial score (nSPS) is 27.9. The molecule has 0 aromatic carbocycles. The third-order valence-corrected chi connectivity index (χ3v) is 3.24. The van der Waals surface area contributed by atoms with Crippen LogP contribution in [0.25, 0.3) is 0 Å². The summed E-state index contributed by atoms with van der Waals surface area (Å²) in [6, 6.07) is 0. The molecule has 1 saturated heterocycles. The van der Waals surface area contributed by atoms with E-state index in [-0.39, 0.29) is 18.0 Å². The van der Waals surface area contributed by atoms with Gasteiger partial charge in [0.1, 0.15) is 0 Å². The van der Waals surface area contributed by atoms with Crippen LogP contribution in [0.4, 0.5) is 0 Å². The Kier molecular flexibility index (Phi) is 4.40. The van der Waals surface area contributed by atoms with Crippen LogP contribution < -0.4 is 0 Å². The molecule has 2 unspecified atom stereocenters. The fraction of sp³-hybridized carbons (Fsp3) is 0.929. The summed E-state index contributed by atoms with van der Waals surface area (Å²) < 4.78 is 5.17. The van der Waals surface area contributed by atoms with Crippen molar-refractivity contribution < 1.29 is 9.53 Å². The molecule has 0 aliphatic carbocycles. The summed E-state index contributed by atoms with van der Waals surface area (Å²) in [5.74, 6) is 0.886. The van der Waals surface area contributed by atoms with Crippen LogP contribution in [0.1, 0.15) is 60.3 Å². The van der Waals surface area contributed by atoms with Crippen molar-refractivity contribution in [1.82, 2.24) is 0 Å². The molecule has 2 nitrogen and oxygen atoms in total. The van der Waals surface area contributed by atoms with Gasteiger partial charge in [0.2, 0.25) is 0 Å². The third-order valence-electron chi connectivity index (χ3n) is 3.24. The van der Waals surface area contributed by atoms with Crippen LogP contribution in [0.15, 0.2) is 0 Å². The third kappa shape index (κ3) is 4.54. The van der Waals surface area contributed by atoms with Crippen LogP contribution in [0.2, 0.25) is 0 Å². The fourth-order valence-electron chi connectivity index (χ4n) is 2.71. The zero-order valence-electron chi connectivity index (χ0n) is 11.4. The number of rotatable bonds is 4. The molecule has 0 saturated carbocycles. The maximum absolute atomic E-state index is 11.5. The second-order valence-corrected chi connectivity index (χ2v) is 6.63. The lowest BCUT2D eigenvalue weighted by molar-refractivity contribution is -0.144. The van der Waals surface area contributed by atoms with Gasteiger partial charge >= 0.3 is 5.97 Å². The number of carbonyl (C=O) groups excluding carboxylic acids is 1. The zero-order valence-corrected chi connectivity index (χ0v) is 11.4. The number of esters is 1. The fourth-order valence-corrected chi connectivity index (χ4v) is 2.71. The van der Waals surface area contributed by atoms with E-state index in [0.29, 0.717) is 11.3 Å². The Morgan fingerprint density at radius 1 is 1.44 bits per heavy atom. The second-order valence-electron chi connectivity index (χ2n) is 6.63. The predicted octanol–water partition coefficient (Wildman–Crippen LogP) is 3.79. The van der Waals surface area contributed by atoms with E-state index in [1.54, 1.807) is 0 Å². The summed E-state index contributed by atoms with van der Waals surface area (Å²) in [5.41, 5.74) is 0.392. The lowest BCUT2D eigenvalue weighted by Crippen LogP contribution is -2.14. The molecule has 1 aliphatic heterocycles. The lowest BCUT2D eigenvalue weighted by Gasteiger charge is -2.23. The molecular weight excluding hydrogens is 200 g/mol. The first kappa shape index (κ1) is 13.5. The molecule has 1 fully saturated rings. The molecule has 0 spiro atoms. The molecule has 0 bridgehead atoms. The SMILES string of the molecule is CC(CC[C@@H]1CC(C)OC1=O)CC(C)(C)C. The van der Waals surface area contributed by atoms with E-state index in [1.807, 2.05) is 6.92 Å². The summed E-state index contributed by atoms with van der Waals surface area (Å²) in [6.07, 6.45) is 4.42. The van der Waals surface area contributed by atoms with Crippen LogP contribution in [-0.2, 0) is 9.53 Å². The molecular formula is C14H26O2. The van der Waals surface area contributed by atoms with Crippen LogP contribution in [0.3, 0.4) is 0 Å². The Hall–Kier alpha value is -0.530. The number of carbonyl (C=O) groups is 1. The van der Waals surface area contributed by atoms with E-state index in [2.05, 4.69) is 27.7 Å². The Bertz CT molecular complexity index is 240. The molecule has 3 atom stereocenters. The van der Waals surface area contributed by atoms with Gasteiger partial charge in [-0.2, -0.15) is 0 Å². The standard InChI is InChI=1S/C14H26O2/c1-10(9-14(3,4)5)6-7-12-8-11(2)16-13(12)15/h10-12H,6-9H2,1-5H3/t10?,11?,12-/m1/s1. The summed E-state index contributed by atoms with van der Waals surface area (Å²) in [7, 11) is 0. The van der Waals surface area contributed by atoms with Crippen LogP contribution in [0, 0.1) is 17.3 Å². The molecule has 0 radical (unpaired) electrons. The van der Waals surface area contributed by atoms with Gasteiger partial charge in [-0.1, -0.05) is 27.7 Å². The van der Waals surface area contributed by atoms with Gasteiger partial charge in [-0.15, -0.1) is 0 Å². The average Bonchev–Trinajstić information content (AvgIpc) is 2.38. The van der Waals surface area contributed by atoms with Gasteiger partial charge in [-0.3, -0.25) is 4.79 Å².